The van der Waals surface area contributed by atoms with E-state index < -0.39 is 42.0 Å². The topological polar surface area (TPSA) is 93.4 Å². The van der Waals surface area contributed by atoms with Crippen molar-refractivity contribution in [1.29, 1.82) is 0 Å². The number of benzene rings is 1. The van der Waals surface area contributed by atoms with Crippen LogP contribution in [-0.4, -0.2) is 62.4 Å². The van der Waals surface area contributed by atoms with Crippen LogP contribution in [0.1, 0.15) is 23.5 Å². The summed E-state index contributed by atoms with van der Waals surface area (Å²) in [4.78, 5) is 9.05. The zero-order valence-corrected chi connectivity index (χ0v) is 22.6. The van der Waals surface area contributed by atoms with E-state index >= 15 is 0 Å². The maximum atomic E-state index is 14.2. The largest absolute Gasteiger partial charge is 0.375 e. The Morgan fingerprint density at radius 1 is 1.10 bits per heavy atom. The van der Waals surface area contributed by atoms with E-state index in [1.807, 2.05) is 36.4 Å². The summed E-state index contributed by atoms with van der Waals surface area (Å²) in [7, 11) is 1.62. The van der Waals surface area contributed by atoms with Crippen LogP contribution in [0, 0.1) is 12.9 Å². The molecule has 39 heavy (non-hydrogen) atoms. The van der Waals surface area contributed by atoms with E-state index in [1.165, 1.54) is 11.8 Å². The Balaban J connectivity index is 1.36. The third-order valence-electron chi connectivity index (χ3n) is 6.70. The minimum Gasteiger partial charge on any atom is -0.375 e. The molecule has 0 radical (unpaired) electrons. The van der Waals surface area contributed by atoms with E-state index in [2.05, 4.69) is 20.3 Å². The van der Waals surface area contributed by atoms with Crippen LogP contribution >= 0.6 is 23.4 Å². The number of aromatic nitrogens is 5. The van der Waals surface area contributed by atoms with Crippen LogP contribution in [0.5, 0.6) is 0 Å². The fourth-order valence-electron chi connectivity index (χ4n) is 4.77. The van der Waals surface area contributed by atoms with Crippen molar-refractivity contribution in [2.75, 3.05) is 13.7 Å². The van der Waals surface area contributed by atoms with Gasteiger partial charge in [-0.2, -0.15) is 4.39 Å². The molecule has 2 aliphatic rings. The van der Waals surface area contributed by atoms with Gasteiger partial charge < -0.3 is 18.9 Å². The van der Waals surface area contributed by atoms with Crippen molar-refractivity contribution < 1.29 is 23.3 Å². The van der Waals surface area contributed by atoms with E-state index in [0.29, 0.717) is 28.6 Å². The molecule has 9 nitrogen and oxygen atoms in total. The lowest BCUT2D eigenvalue weighted by atomic mass is 9.95. The first-order chi connectivity index (χ1) is 19.0. The third-order valence-corrected chi connectivity index (χ3v) is 8.01. The van der Waals surface area contributed by atoms with Gasteiger partial charge in [-0.3, -0.25) is 4.98 Å². The number of pyridine rings is 2. The second-order valence-electron chi connectivity index (χ2n) is 9.26. The van der Waals surface area contributed by atoms with Gasteiger partial charge in [-0.1, -0.05) is 65.0 Å². The fourth-order valence-corrected chi connectivity index (χ4v) is 6.20. The van der Waals surface area contributed by atoms with Gasteiger partial charge in [-0.05, 0) is 19.1 Å². The lowest BCUT2D eigenvalue weighted by Crippen LogP contribution is -2.59. The molecular formula is C27H25ClFN5O4S. The summed E-state index contributed by atoms with van der Waals surface area (Å²) in [6.45, 7) is 1.96. The standard InChI is InChI=1S/C27H25ClFN5O4S/c1-15-8-9-19(31-25(15)29)20-13-34(33-32-20)22-23-21(14-36-26(38-23)16-6-4-3-5-7-16)37-27(24(22)35-2)39-18-10-17(28)11-30-12-18/h3-13,21-24,26-27H,14H2,1-2H3/t21?,22?,23-,24?,26?,27+/m0/s1. The molecule has 6 rings (SSSR count). The van der Waals surface area contributed by atoms with Crippen LogP contribution in [0.2, 0.25) is 5.02 Å². The van der Waals surface area contributed by atoms with Crippen molar-refractivity contribution >= 4 is 23.4 Å². The molecule has 0 aliphatic carbocycles. The van der Waals surface area contributed by atoms with Crippen molar-refractivity contribution in [3.63, 3.8) is 0 Å². The Kier molecular flexibility index (Phi) is 7.61. The number of ether oxygens (including phenoxy) is 4. The molecule has 2 fully saturated rings. The van der Waals surface area contributed by atoms with Gasteiger partial charge >= 0.3 is 0 Å². The molecule has 2 saturated heterocycles. The summed E-state index contributed by atoms with van der Waals surface area (Å²) in [5, 5.41) is 9.24. The van der Waals surface area contributed by atoms with E-state index in [4.69, 9.17) is 30.5 Å². The van der Waals surface area contributed by atoms with E-state index in [0.717, 1.165) is 10.5 Å². The number of rotatable bonds is 6. The zero-order valence-electron chi connectivity index (χ0n) is 21.1. The molecule has 0 bridgehead atoms. The lowest BCUT2D eigenvalue weighted by Gasteiger charge is -2.48. The van der Waals surface area contributed by atoms with Crippen LogP contribution in [0.25, 0.3) is 11.4 Å². The molecule has 0 spiro atoms. The number of thioether (sulfide) groups is 1. The average molecular weight is 570 g/mol. The number of aryl methyl sites for hydroxylation is 1. The normalized spacial score (nSPS) is 26.8. The lowest BCUT2D eigenvalue weighted by molar-refractivity contribution is -0.308. The molecule has 0 amide bonds. The molecule has 1 aromatic carbocycles. The van der Waals surface area contributed by atoms with Gasteiger partial charge in [0, 0.05) is 35.5 Å². The van der Waals surface area contributed by atoms with Crippen LogP contribution in [0.15, 0.2) is 72.0 Å². The minimum atomic E-state index is -0.590. The summed E-state index contributed by atoms with van der Waals surface area (Å²) in [5.74, 6) is -0.548. The Bertz CT molecular complexity index is 1450. The predicted octanol–water partition coefficient (Wildman–Crippen LogP) is 5.02. The molecule has 2 aliphatic heterocycles. The number of hydrogen-bond donors (Lipinski definition) is 0. The Labute approximate surface area is 233 Å². The van der Waals surface area contributed by atoms with Gasteiger partial charge in [0.25, 0.3) is 0 Å². The third kappa shape index (κ3) is 5.43. The Morgan fingerprint density at radius 2 is 1.95 bits per heavy atom. The van der Waals surface area contributed by atoms with Gasteiger partial charge in [-0.25, -0.2) is 9.67 Å². The molecule has 5 heterocycles. The van der Waals surface area contributed by atoms with Crippen LogP contribution in [-0.2, 0) is 18.9 Å². The van der Waals surface area contributed by atoms with Gasteiger partial charge in [-0.15, -0.1) is 5.10 Å². The van der Waals surface area contributed by atoms with Crippen LogP contribution < -0.4 is 0 Å². The van der Waals surface area contributed by atoms with Gasteiger partial charge in [0.15, 0.2) is 6.29 Å². The molecule has 12 heteroatoms. The fraction of sp³-hybridized carbons (Fsp3) is 0.333. The monoisotopic (exact) mass is 569 g/mol. The van der Waals surface area contributed by atoms with E-state index in [1.54, 1.807) is 49.4 Å². The van der Waals surface area contributed by atoms with Crippen LogP contribution in [0.4, 0.5) is 4.39 Å². The maximum Gasteiger partial charge on any atom is 0.216 e. The minimum absolute atomic E-state index is 0.300. The average Bonchev–Trinajstić information content (AvgIpc) is 3.44. The van der Waals surface area contributed by atoms with E-state index in [9.17, 15) is 4.39 Å². The molecule has 0 N–H and O–H groups in total. The number of methoxy groups -OCH3 is 1. The first kappa shape index (κ1) is 26.3. The summed E-state index contributed by atoms with van der Waals surface area (Å²) < 4.78 is 41.0. The van der Waals surface area contributed by atoms with Crippen molar-refractivity contribution in [2.24, 2.45) is 0 Å². The highest BCUT2D eigenvalue weighted by Gasteiger charge is 2.52. The Morgan fingerprint density at radius 3 is 2.72 bits per heavy atom. The number of hydrogen-bond acceptors (Lipinski definition) is 9. The number of halogens is 2. The highest BCUT2D eigenvalue weighted by atomic mass is 35.5. The highest BCUT2D eigenvalue weighted by Crippen LogP contribution is 2.44. The van der Waals surface area contributed by atoms with Gasteiger partial charge in [0.1, 0.15) is 35.5 Å². The predicted molar refractivity (Wildman–Crippen MR) is 142 cm³/mol. The smallest absolute Gasteiger partial charge is 0.216 e. The van der Waals surface area contributed by atoms with Gasteiger partial charge in [0.05, 0.1) is 23.5 Å². The highest BCUT2D eigenvalue weighted by molar-refractivity contribution is 7.99. The molecule has 6 atom stereocenters. The Hall–Kier alpha value is -2.93. The zero-order chi connectivity index (χ0) is 26.9. The van der Waals surface area contributed by atoms with Crippen molar-refractivity contribution in [1.82, 2.24) is 25.0 Å². The van der Waals surface area contributed by atoms with Crippen molar-refractivity contribution in [2.45, 2.75) is 47.9 Å². The SMILES string of the molecule is COC1C(n2cc(-c3ccc(C)c(F)n3)nn2)[C@H]2OC(c3ccccc3)OCC2O[C@@H]1Sc1cncc(Cl)c1. The van der Waals surface area contributed by atoms with Crippen LogP contribution in [0.3, 0.4) is 0 Å². The summed E-state index contributed by atoms with van der Waals surface area (Å²) in [5.41, 5.74) is 1.69. The number of nitrogens with zero attached hydrogens (tertiary/aromatic N) is 5. The molecular weight excluding hydrogens is 545 g/mol. The number of fused-ring (bicyclic) bond motifs is 1. The molecule has 3 aromatic heterocycles. The van der Waals surface area contributed by atoms with E-state index in [-0.39, 0.29) is 0 Å². The summed E-state index contributed by atoms with van der Waals surface area (Å²) in [6.07, 6.45) is 3.02. The first-order valence-electron chi connectivity index (χ1n) is 12.3. The molecule has 202 valence electrons. The molecule has 4 unspecified atom stereocenters. The molecule has 0 saturated carbocycles. The second-order valence-corrected chi connectivity index (χ2v) is 10.9. The summed E-state index contributed by atoms with van der Waals surface area (Å²) in [6, 6.07) is 14.5. The second kappa shape index (κ2) is 11.3. The quantitative estimate of drug-likeness (QED) is 0.297. The first-order valence-corrected chi connectivity index (χ1v) is 13.6. The van der Waals surface area contributed by atoms with Gasteiger partial charge in [0.2, 0.25) is 5.95 Å². The summed E-state index contributed by atoms with van der Waals surface area (Å²) >= 11 is 7.62. The van der Waals surface area contributed by atoms with Crippen molar-refractivity contribution in [3.05, 3.63) is 89.2 Å². The molecule has 4 aromatic rings. The van der Waals surface area contributed by atoms with Crippen molar-refractivity contribution in [3.8, 4) is 11.4 Å². The maximum absolute atomic E-state index is 14.2.